The van der Waals surface area contributed by atoms with Crippen LogP contribution in [0.3, 0.4) is 0 Å². The van der Waals surface area contributed by atoms with Gasteiger partial charge in [0, 0.05) is 4.88 Å². The molecule has 1 heterocycles. The van der Waals surface area contributed by atoms with Crippen molar-refractivity contribution in [2.75, 3.05) is 12.0 Å². The molecular weight excluding hydrogens is 306 g/mol. The Morgan fingerprint density at radius 3 is 2.86 bits per heavy atom. The van der Waals surface area contributed by atoms with Gasteiger partial charge >= 0.3 is 5.97 Å². The van der Waals surface area contributed by atoms with E-state index in [0.29, 0.717) is 11.3 Å². The third-order valence-corrected chi connectivity index (χ3v) is 5.56. The highest BCUT2D eigenvalue weighted by atomic mass is 32.2. The number of carboxylic acid groups (broad SMARTS) is 1. The summed E-state index contributed by atoms with van der Waals surface area (Å²) in [5, 5.41) is 11.8. The van der Waals surface area contributed by atoms with Crippen LogP contribution in [-0.4, -0.2) is 35.0 Å². The lowest BCUT2D eigenvalue weighted by atomic mass is 10.1. The standard InChI is InChI=1S/C15H21NO3S2/c1-20-8-7-11(15(18)19)16-14(17)13-9-10-5-3-2-4-6-12(10)21-13/h9,11H,2-8H2,1H3,(H,16,17)(H,18,19)/t11-/m0/s1. The molecule has 0 bridgehead atoms. The molecule has 2 rings (SSSR count). The maximum absolute atomic E-state index is 12.3. The second-order valence-corrected chi connectivity index (χ2v) is 7.39. The van der Waals surface area contributed by atoms with Crippen molar-refractivity contribution >= 4 is 35.0 Å². The summed E-state index contributed by atoms with van der Waals surface area (Å²) >= 11 is 3.11. The molecule has 0 fully saturated rings. The van der Waals surface area contributed by atoms with Gasteiger partial charge in [-0.2, -0.15) is 11.8 Å². The summed E-state index contributed by atoms with van der Waals surface area (Å²) in [6, 6.07) is 1.15. The third-order valence-electron chi connectivity index (χ3n) is 3.68. The average molecular weight is 327 g/mol. The van der Waals surface area contributed by atoms with Crippen LogP contribution in [0.25, 0.3) is 0 Å². The largest absolute Gasteiger partial charge is 0.480 e. The zero-order valence-electron chi connectivity index (χ0n) is 12.2. The second-order valence-electron chi connectivity index (χ2n) is 5.27. The summed E-state index contributed by atoms with van der Waals surface area (Å²) in [5.41, 5.74) is 1.28. The molecule has 1 amide bonds. The number of thiophene rings is 1. The Morgan fingerprint density at radius 1 is 1.38 bits per heavy atom. The molecule has 4 nitrogen and oxygen atoms in total. The van der Waals surface area contributed by atoms with Crippen LogP contribution in [0.15, 0.2) is 6.07 Å². The van der Waals surface area contributed by atoms with Crippen LogP contribution in [-0.2, 0) is 17.6 Å². The Bertz CT molecular complexity index is 490. The van der Waals surface area contributed by atoms with Crippen molar-refractivity contribution in [1.29, 1.82) is 0 Å². The van der Waals surface area contributed by atoms with Crippen LogP contribution in [0.2, 0.25) is 0 Å². The summed E-state index contributed by atoms with van der Waals surface area (Å²) in [6.07, 6.45) is 8.06. The van der Waals surface area contributed by atoms with Gasteiger partial charge in [-0.25, -0.2) is 4.79 Å². The minimum absolute atomic E-state index is 0.249. The van der Waals surface area contributed by atoms with E-state index in [-0.39, 0.29) is 5.91 Å². The topological polar surface area (TPSA) is 66.4 Å². The van der Waals surface area contributed by atoms with Gasteiger partial charge in [-0.15, -0.1) is 11.3 Å². The first-order chi connectivity index (χ1) is 10.1. The number of aryl methyl sites for hydroxylation is 2. The van der Waals surface area contributed by atoms with Gasteiger partial charge in [-0.3, -0.25) is 4.79 Å². The van der Waals surface area contributed by atoms with Gasteiger partial charge in [-0.05, 0) is 55.7 Å². The van der Waals surface area contributed by atoms with Gasteiger partial charge in [0.1, 0.15) is 6.04 Å². The molecule has 21 heavy (non-hydrogen) atoms. The summed E-state index contributed by atoms with van der Waals surface area (Å²) in [5.74, 6) is -0.491. The van der Waals surface area contributed by atoms with E-state index in [4.69, 9.17) is 0 Å². The van der Waals surface area contributed by atoms with E-state index in [0.717, 1.165) is 18.6 Å². The minimum Gasteiger partial charge on any atom is -0.480 e. The molecule has 0 saturated carbocycles. The van der Waals surface area contributed by atoms with Crippen LogP contribution in [0.1, 0.15) is 45.8 Å². The summed E-state index contributed by atoms with van der Waals surface area (Å²) in [7, 11) is 0. The molecule has 0 aliphatic heterocycles. The number of amides is 1. The maximum atomic E-state index is 12.3. The molecule has 1 aliphatic carbocycles. The summed E-state index contributed by atoms with van der Waals surface area (Å²) in [4.78, 5) is 25.4. The molecule has 0 aromatic carbocycles. The summed E-state index contributed by atoms with van der Waals surface area (Å²) in [6.45, 7) is 0. The fourth-order valence-corrected chi connectivity index (χ4v) is 4.13. The lowest BCUT2D eigenvalue weighted by Gasteiger charge is -2.13. The van der Waals surface area contributed by atoms with E-state index >= 15 is 0 Å². The highest BCUT2D eigenvalue weighted by Gasteiger charge is 2.22. The predicted octanol–water partition coefficient (Wildman–Crippen LogP) is 2.95. The molecule has 6 heteroatoms. The number of thioether (sulfide) groups is 1. The molecule has 0 radical (unpaired) electrons. The van der Waals surface area contributed by atoms with Crippen molar-refractivity contribution in [2.45, 2.75) is 44.6 Å². The Kier molecular flexibility index (Phi) is 6.11. The Morgan fingerprint density at radius 2 is 2.14 bits per heavy atom. The normalized spacial score (nSPS) is 15.9. The number of hydrogen-bond donors (Lipinski definition) is 2. The van der Waals surface area contributed by atoms with E-state index in [1.807, 2.05) is 12.3 Å². The SMILES string of the molecule is CSCC[C@H](NC(=O)c1cc2c(s1)CCCCC2)C(=O)O. The summed E-state index contributed by atoms with van der Waals surface area (Å²) < 4.78 is 0. The Labute approximate surface area is 133 Å². The predicted molar refractivity (Wildman–Crippen MR) is 87.5 cm³/mol. The number of rotatable bonds is 6. The van der Waals surface area contributed by atoms with Crippen LogP contribution >= 0.6 is 23.1 Å². The first kappa shape index (κ1) is 16.4. The van der Waals surface area contributed by atoms with Crippen LogP contribution < -0.4 is 5.32 Å². The molecule has 0 unspecified atom stereocenters. The molecule has 1 aliphatic rings. The number of aliphatic carboxylic acids is 1. The van der Waals surface area contributed by atoms with Gasteiger partial charge in [0.05, 0.1) is 4.88 Å². The fourth-order valence-electron chi connectivity index (χ4n) is 2.50. The van der Waals surface area contributed by atoms with Gasteiger partial charge in [0.25, 0.3) is 5.91 Å². The van der Waals surface area contributed by atoms with Crippen molar-refractivity contribution in [3.8, 4) is 0 Å². The third kappa shape index (κ3) is 4.48. The van der Waals surface area contributed by atoms with Crippen LogP contribution in [0.4, 0.5) is 0 Å². The second kappa shape index (κ2) is 7.84. The van der Waals surface area contributed by atoms with E-state index < -0.39 is 12.0 Å². The number of nitrogens with one attached hydrogen (secondary N) is 1. The quantitative estimate of drug-likeness (QED) is 0.788. The monoisotopic (exact) mass is 327 g/mol. The van der Waals surface area contributed by atoms with Gasteiger partial charge < -0.3 is 10.4 Å². The lowest BCUT2D eigenvalue weighted by Crippen LogP contribution is -2.40. The number of fused-ring (bicyclic) bond motifs is 1. The van der Waals surface area contributed by atoms with Crippen LogP contribution in [0, 0.1) is 0 Å². The first-order valence-corrected chi connectivity index (χ1v) is 9.47. The zero-order valence-corrected chi connectivity index (χ0v) is 13.8. The van der Waals surface area contributed by atoms with E-state index in [1.165, 1.54) is 41.0 Å². The van der Waals surface area contributed by atoms with E-state index in [1.54, 1.807) is 11.8 Å². The van der Waals surface area contributed by atoms with Crippen molar-refractivity contribution < 1.29 is 14.7 Å². The van der Waals surface area contributed by atoms with Gasteiger partial charge in [0.2, 0.25) is 0 Å². The highest BCUT2D eigenvalue weighted by molar-refractivity contribution is 7.98. The molecule has 2 N–H and O–H groups in total. The molecule has 0 saturated heterocycles. The van der Waals surface area contributed by atoms with Crippen LogP contribution in [0.5, 0.6) is 0 Å². The van der Waals surface area contributed by atoms with E-state index in [2.05, 4.69) is 5.32 Å². The highest BCUT2D eigenvalue weighted by Crippen LogP contribution is 2.29. The number of hydrogen-bond acceptors (Lipinski definition) is 4. The maximum Gasteiger partial charge on any atom is 0.326 e. The molecule has 116 valence electrons. The Hall–Kier alpha value is -1.01. The van der Waals surface area contributed by atoms with Gasteiger partial charge in [0.15, 0.2) is 0 Å². The zero-order chi connectivity index (χ0) is 15.2. The fraction of sp³-hybridized carbons (Fsp3) is 0.600. The van der Waals surface area contributed by atoms with E-state index in [9.17, 15) is 14.7 Å². The molecule has 1 aromatic heterocycles. The number of carbonyl (C=O) groups is 2. The van der Waals surface area contributed by atoms with Crippen molar-refractivity contribution in [2.24, 2.45) is 0 Å². The van der Waals surface area contributed by atoms with Crippen molar-refractivity contribution in [3.05, 3.63) is 21.4 Å². The smallest absolute Gasteiger partial charge is 0.326 e. The van der Waals surface area contributed by atoms with Crippen molar-refractivity contribution in [1.82, 2.24) is 5.32 Å². The molecular formula is C15H21NO3S2. The molecule has 0 spiro atoms. The number of carboxylic acids is 1. The number of carbonyl (C=O) groups excluding carboxylic acids is 1. The van der Waals surface area contributed by atoms with Gasteiger partial charge in [-0.1, -0.05) is 6.42 Å². The average Bonchev–Trinajstić information content (AvgIpc) is 2.74. The minimum atomic E-state index is -0.962. The lowest BCUT2D eigenvalue weighted by molar-refractivity contribution is -0.139. The molecule has 1 atom stereocenters. The van der Waals surface area contributed by atoms with Crippen molar-refractivity contribution in [3.63, 3.8) is 0 Å². The Balaban J connectivity index is 2.03. The molecule has 1 aromatic rings. The first-order valence-electron chi connectivity index (χ1n) is 7.26.